The molecule has 1 aliphatic carbocycles. The van der Waals surface area contributed by atoms with Crippen molar-refractivity contribution in [2.75, 3.05) is 0 Å². The molecule has 0 bridgehead atoms. The summed E-state index contributed by atoms with van der Waals surface area (Å²) in [5.41, 5.74) is 0.250. The average Bonchev–Trinajstić information content (AvgIpc) is 2.07. The maximum absolute atomic E-state index is 3.77. The third kappa shape index (κ3) is 25.2. The molecule has 0 unspecified atom stereocenters. The van der Waals surface area contributed by atoms with Gasteiger partial charge in [-0.3, -0.25) is 6.08 Å². The fourth-order valence-electron chi connectivity index (χ4n) is 0.340. The van der Waals surface area contributed by atoms with E-state index in [4.69, 9.17) is 0 Å². The first-order valence-electron chi connectivity index (χ1n) is 3.57. The summed E-state index contributed by atoms with van der Waals surface area (Å²) in [5, 5.41) is 0. The molecule has 0 nitrogen and oxygen atoms in total. The van der Waals surface area contributed by atoms with E-state index in [0.717, 1.165) is 6.42 Å². The van der Waals surface area contributed by atoms with E-state index < -0.39 is 0 Å². The topological polar surface area (TPSA) is 0 Å². The summed E-state index contributed by atoms with van der Waals surface area (Å²) in [6.07, 6.45) is 10.0. The Bertz CT molecular complexity index is 118. The number of hydrogen-bond donors (Lipinski definition) is 0. The Hall–Kier alpha value is 0.363. The predicted molar refractivity (Wildman–Crippen MR) is 48.6 cm³/mol. The second-order valence-corrected chi connectivity index (χ2v) is 3.56. The number of rotatable bonds is 0. The molecule has 0 atom stereocenters. The molecule has 0 spiro atoms. The molecule has 0 amide bonds. The molecule has 0 aliphatic heterocycles. The third-order valence-electron chi connectivity index (χ3n) is 0.586. The van der Waals surface area contributed by atoms with Crippen LogP contribution in [0.3, 0.4) is 0 Å². The van der Waals surface area contributed by atoms with Crippen molar-refractivity contribution in [1.29, 1.82) is 0 Å². The van der Waals surface area contributed by atoms with Gasteiger partial charge >= 0.3 is 26.2 Å². The van der Waals surface area contributed by atoms with Crippen molar-refractivity contribution in [2.45, 2.75) is 27.2 Å². The van der Waals surface area contributed by atoms with E-state index in [1.165, 1.54) is 0 Å². The molecule has 62 valence electrons. The van der Waals surface area contributed by atoms with Gasteiger partial charge in [0.15, 0.2) is 0 Å². The van der Waals surface area contributed by atoms with Crippen LogP contribution in [0.2, 0.25) is 0 Å². The summed E-state index contributed by atoms with van der Waals surface area (Å²) >= 11 is 0. The molecule has 1 rings (SSSR count). The molecule has 11 heavy (non-hydrogen) atoms. The molecule has 0 fully saturated rings. The van der Waals surface area contributed by atoms with Gasteiger partial charge in [0, 0.05) is 0 Å². The first-order valence-corrected chi connectivity index (χ1v) is 3.57. The number of hydrogen-bond acceptors (Lipinski definition) is 0. The van der Waals surface area contributed by atoms with Crippen molar-refractivity contribution >= 4 is 0 Å². The van der Waals surface area contributed by atoms with Crippen LogP contribution in [0.25, 0.3) is 0 Å². The quantitative estimate of drug-likeness (QED) is 0.559. The van der Waals surface area contributed by atoms with Crippen LogP contribution in [0.15, 0.2) is 18.2 Å². The summed E-state index contributed by atoms with van der Waals surface area (Å²) in [7, 11) is 0. The van der Waals surface area contributed by atoms with Gasteiger partial charge in [0.25, 0.3) is 0 Å². The summed E-state index contributed by atoms with van der Waals surface area (Å²) in [6.45, 7) is 10.0. The van der Waals surface area contributed by atoms with Gasteiger partial charge in [-0.25, -0.2) is 12.2 Å². The fourth-order valence-corrected chi connectivity index (χ4v) is 0.340. The van der Waals surface area contributed by atoms with Crippen molar-refractivity contribution in [3.63, 3.8) is 0 Å². The van der Waals surface area contributed by atoms with Crippen molar-refractivity contribution in [3.05, 3.63) is 31.2 Å². The van der Waals surface area contributed by atoms with Gasteiger partial charge in [0.2, 0.25) is 0 Å². The van der Waals surface area contributed by atoms with Crippen LogP contribution in [0.1, 0.15) is 30.0 Å². The monoisotopic (exact) mass is 228 g/mol. The molecular formula is C10H18Zr. The van der Waals surface area contributed by atoms with Crippen molar-refractivity contribution in [3.8, 4) is 0 Å². The first kappa shape index (κ1) is 13.9. The molecule has 0 heterocycles. The van der Waals surface area contributed by atoms with Crippen LogP contribution in [-0.4, -0.2) is 0 Å². The van der Waals surface area contributed by atoms with E-state index in [-0.39, 0.29) is 34.5 Å². The predicted octanol–water partition coefficient (Wildman–Crippen LogP) is 3.39. The van der Waals surface area contributed by atoms with Gasteiger partial charge in [-0.15, -0.1) is 6.42 Å². The zero-order chi connectivity index (χ0) is 8.04. The summed E-state index contributed by atoms with van der Waals surface area (Å²) < 4.78 is 0. The molecule has 0 aromatic rings. The second kappa shape index (κ2) is 7.04. The van der Waals surface area contributed by atoms with E-state index in [2.05, 4.69) is 39.8 Å². The molecule has 0 radical (unpaired) electrons. The molecule has 0 N–H and O–H groups in total. The van der Waals surface area contributed by atoms with E-state index in [0.29, 0.717) is 0 Å². The standard InChI is InChI=1S/C5H5.C5H11.Zr.2H/c1-2-4-5-3-1;1-5(2,3)4;;;/h1-3H,4H2;1H2,2-4H3;;;/q2*-1;+4;2*-1. The molecule has 0 saturated carbocycles. The van der Waals surface area contributed by atoms with Gasteiger partial charge in [-0.2, -0.15) is 11.5 Å². The number of allylic oxidation sites excluding steroid dienone is 4. The largest absolute Gasteiger partial charge is 4.00 e. The minimum absolute atomic E-state index is 0. The molecule has 0 aromatic carbocycles. The Morgan fingerprint density at radius 3 is 2.00 bits per heavy atom. The first-order chi connectivity index (χ1) is 4.50. The minimum Gasteiger partial charge on any atom is -1.00 e. The SMILES string of the molecule is [C-]1=CC=CC1.[CH2-]C(C)(C)C.[H-].[H-].[Zr+4]. The van der Waals surface area contributed by atoms with Gasteiger partial charge in [-0.1, -0.05) is 20.8 Å². The smallest absolute Gasteiger partial charge is 1.00 e. The molecule has 1 aliphatic rings. The molecule has 0 saturated heterocycles. The van der Waals surface area contributed by atoms with Crippen LogP contribution < -0.4 is 0 Å². The molecule has 1 heteroatoms. The Kier molecular flexibility index (Phi) is 8.90. The van der Waals surface area contributed by atoms with Gasteiger partial charge in [0.1, 0.15) is 0 Å². The van der Waals surface area contributed by atoms with E-state index in [1.807, 2.05) is 12.2 Å². The van der Waals surface area contributed by atoms with Crippen molar-refractivity contribution < 1.29 is 29.1 Å². The third-order valence-corrected chi connectivity index (χ3v) is 0.586. The zero-order valence-corrected chi connectivity index (χ0v) is 10.1. The Labute approximate surface area is 92.9 Å². The Morgan fingerprint density at radius 1 is 1.45 bits per heavy atom. The average molecular weight is 229 g/mol. The maximum Gasteiger partial charge on any atom is 4.00 e. The minimum atomic E-state index is 0. The fraction of sp³-hybridized carbons (Fsp3) is 0.500. The van der Waals surface area contributed by atoms with E-state index in [1.54, 1.807) is 0 Å². The van der Waals surface area contributed by atoms with Gasteiger partial charge in [-0.05, 0) is 0 Å². The van der Waals surface area contributed by atoms with Crippen LogP contribution in [0.4, 0.5) is 0 Å². The van der Waals surface area contributed by atoms with Crippen molar-refractivity contribution in [2.24, 2.45) is 5.41 Å². The van der Waals surface area contributed by atoms with E-state index in [9.17, 15) is 0 Å². The summed E-state index contributed by atoms with van der Waals surface area (Å²) in [6, 6.07) is 0. The second-order valence-electron chi connectivity index (χ2n) is 3.56. The van der Waals surface area contributed by atoms with Gasteiger partial charge in [0.05, 0.1) is 0 Å². The van der Waals surface area contributed by atoms with Crippen LogP contribution >= 0.6 is 0 Å². The van der Waals surface area contributed by atoms with Crippen LogP contribution in [-0.2, 0) is 26.2 Å². The van der Waals surface area contributed by atoms with Crippen LogP contribution in [0.5, 0.6) is 0 Å². The van der Waals surface area contributed by atoms with Crippen LogP contribution in [0, 0.1) is 18.4 Å². The summed E-state index contributed by atoms with van der Waals surface area (Å²) in [4.78, 5) is 0. The molecular weight excluding hydrogens is 211 g/mol. The Balaban J connectivity index is -0.0000000506. The zero-order valence-electron chi connectivity index (χ0n) is 9.65. The van der Waals surface area contributed by atoms with Gasteiger partial charge < -0.3 is 9.78 Å². The van der Waals surface area contributed by atoms with Crippen molar-refractivity contribution in [1.82, 2.24) is 0 Å². The maximum atomic E-state index is 3.77. The normalized spacial score (nSPS) is 13.5. The summed E-state index contributed by atoms with van der Waals surface area (Å²) in [5.74, 6) is 0. The van der Waals surface area contributed by atoms with E-state index >= 15 is 0 Å². The Morgan fingerprint density at radius 2 is 1.91 bits per heavy atom. The molecule has 0 aromatic heterocycles.